The van der Waals surface area contributed by atoms with Crippen molar-refractivity contribution in [3.8, 4) is 11.5 Å². The predicted molar refractivity (Wildman–Crippen MR) is 126 cm³/mol. The summed E-state index contributed by atoms with van der Waals surface area (Å²) in [6.07, 6.45) is 5.14. The van der Waals surface area contributed by atoms with E-state index in [9.17, 15) is 19.8 Å². The molecule has 1 aliphatic heterocycles. The molecule has 168 valence electrons. The molecule has 0 aromatic heterocycles. The van der Waals surface area contributed by atoms with E-state index in [1.807, 2.05) is 26.0 Å². The SMILES string of the molecule is CC=C(C=NC)CN(C)C(=O)c1ccc2c(c1)CCC(C)N2C(=O)c1ccc(O)cc1O. The molecule has 0 bridgehead atoms. The van der Waals surface area contributed by atoms with Crippen LogP contribution in [0.5, 0.6) is 11.5 Å². The third-order valence-corrected chi connectivity index (χ3v) is 5.72. The van der Waals surface area contributed by atoms with Gasteiger partial charge in [-0.3, -0.25) is 14.6 Å². The Balaban J connectivity index is 1.89. The van der Waals surface area contributed by atoms with Crippen LogP contribution in [0.1, 0.15) is 46.5 Å². The van der Waals surface area contributed by atoms with Crippen molar-refractivity contribution in [3.63, 3.8) is 0 Å². The third kappa shape index (κ3) is 4.66. The lowest BCUT2D eigenvalue weighted by atomic mass is 9.93. The van der Waals surface area contributed by atoms with Gasteiger partial charge < -0.3 is 20.0 Å². The van der Waals surface area contributed by atoms with E-state index >= 15 is 0 Å². The molecule has 7 heteroatoms. The Labute approximate surface area is 188 Å². The second-order valence-electron chi connectivity index (χ2n) is 8.02. The standard InChI is InChI=1S/C25H29N3O4/c1-5-17(14-26-3)15-27(4)24(31)19-8-11-22-18(12-19)7-6-16(2)28(22)25(32)21-10-9-20(29)13-23(21)30/h5,8-14,16,29-30H,6-7,15H2,1-4H3. The molecule has 3 rings (SSSR count). The van der Waals surface area contributed by atoms with Gasteiger partial charge in [0.2, 0.25) is 0 Å². The fraction of sp³-hybridized carbons (Fsp3) is 0.320. The Kier molecular flexibility index (Phi) is 6.98. The van der Waals surface area contributed by atoms with Crippen molar-refractivity contribution in [1.29, 1.82) is 0 Å². The number of fused-ring (bicyclic) bond motifs is 1. The summed E-state index contributed by atoms with van der Waals surface area (Å²) in [6, 6.07) is 9.25. The number of hydrogen-bond donors (Lipinski definition) is 2. The zero-order valence-electron chi connectivity index (χ0n) is 18.9. The van der Waals surface area contributed by atoms with Gasteiger partial charge in [0.25, 0.3) is 11.8 Å². The van der Waals surface area contributed by atoms with Crippen LogP contribution in [-0.2, 0) is 6.42 Å². The van der Waals surface area contributed by atoms with E-state index in [0.717, 1.165) is 35.7 Å². The Morgan fingerprint density at radius 2 is 1.97 bits per heavy atom. The number of carbonyl (C=O) groups is 2. The number of aromatic hydroxyl groups is 2. The second kappa shape index (κ2) is 9.68. The molecule has 2 aromatic carbocycles. The normalized spacial score (nSPS) is 16.2. The highest BCUT2D eigenvalue weighted by atomic mass is 16.3. The number of anilines is 1. The maximum Gasteiger partial charge on any atom is 0.262 e. The molecule has 7 nitrogen and oxygen atoms in total. The van der Waals surface area contributed by atoms with Crippen LogP contribution in [0.3, 0.4) is 0 Å². The summed E-state index contributed by atoms with van der Waals surface area (Å²) in [4.78, 5) is 33.5. The molecule has 0 saturated carbocycles. The number of aliphatic imine (C=N–C) groups is 1. The van der Waals surface area contributed by atoms with Gasteiger partial charge in [0.1, 0.15) is 11.5 Å². The molecule has 0 spiro atoms. The van der Waals surface area contributed by atoms with Gasteiger partial charge in [0, 0.05) is 50.2 Å². The number of phenolic OH excluding ortho intramolecular Hbond substituents is 2. The number of hydrogen-bond acceptors (Lipinski definition) is 5. The first-order valence-corrected chi connectivity index (χ1v) is 10.6. The molecule has 32 heavy (non-hydrogen) atoms. The van der Waals surface area contributed by atoms with Crippen molar-refractivity contribution in [2.24, 2.45) is 4.99 Å². The van der Waals surface area contributed by atoms with Crippen LogP contribution in [0.2, 0.25) is 0 Å². The summed E-state index contributed by atoms with van der Waals surface area (Å²) in [5, 5.41) is 19.7. The van der Waals surface area contributed by atoms with Gasteiger partial charge in [-0.2, -0.15) is 0 Å². The Morgan fingerprint density at radius 3 is 2.62 bits per heavy atom. The summed E-state index contributed by atoms with van der Waals surface area (Å²) in [5.41, 5.74) is 3.27. The van der Waals surface area contributed by atoms with E-state index in [-0.39, 0.29) is 34.9 Å². The van der Waals surface area contributed by atoms with Crippen molar-refractivity contribution in [3.05, 3.63) is 64.7 Å². The highest BCUT2D eigenvalue weighted by Gasteiger charge is 2.31. The monoisotopic (exact) mass is 435 g/mol. The molecule has 1 unspecified atom stereocenters. The second-order valence-corrected chi connectivity index (χ2v) is 8.02. The zero-order valence-corrected chi connectivity index (χ0v) is 18.9. The van der Waals surface area contributed by atoms with Crippen molar-refractivity contribution in [2.75, 3.05) is 25.5 Å². The number of phenols is 2. The minimum Gasteiger partial charge on any atom is -0.508 e. The lowest BCUT2D eigenvalue weighted by molar-refractivity contribution is 0.0808. The molecule has 2 aromatic rings. The minimum atomic E-state index is -0.344. The highest BCUT2D eigenvalue weighted by molar-refractivity contribution is 6.09. The van der Waals surface area contributed by atoms with E-state index in [4.69, 9.17) is 0 Å². The molecule has 1 atom stereocenters. The first-order chi connectivity index (χ1) is 15.3. The van der Waals surface area contributed by atoms with Crippen molar-refractivity contribution in [2.45, 2.75) is 32.7 Å². The van der Waals surface area contributed by atoms with Crippen LogP contribution >= 0.6 is 0 Å². The molecule has 0 saturated heterocycles. The first-order valence-electron chi connectivity index (χ1n) is 10.6. The maximum atomic E-state index is 13.2. The summed E-state index contributed by atoms with van der Waals surface area (Å²) >= 11 is 0. The number of amides is 2. The van der Waals surface area contributed by atoms with Crippen LogP contribution < -0.4 is 4.90 Å². The van der Waals surface area contributed by atoms with Crippen LogP contribution in [0.25, 0.3) is 0 Å². The lowest BCUT2D eigenvalue weighted by Crippen LogP contribution is -2.42. The average Bonchev–Trinajstić information content (AvgIpc) is 2.77. The minimum absolute atomic E-state index is 0.0713. The molecular weight excluding hydrogens is 406 g/mol. The number of allylic oxidation sites excluding steroid dienone is 1. The Morgan fingerprint density at radius 1 is 1.22 bits per heavy atom. The van der Waals surface area contributed by atoms with Gasteiger partial charge in [-0.15, -0.1) is 0 Å². The van der Waals surface area contributed by atoms with Gasteiger partial charge in [-0.05, 0) is 68.2 Å². The van der Waals surface area contributed by atoms with E-state index in [1.54, 1.807) is 42.2 Å². The number of likely N-dealkylation sites (N-methyl/N-ethyl adjacent to an activating group) is 1. The van der Waals surface area contributed by atoms with Gasteiger partial charge in [0.05, 0.1) is 5.56 Å². The maximum absolute atomic E-state index is 13.2. The van der Waals surface area contributed by atoms with Crippen LogP contribution in [0.15, 0.2) is 53.0 Å². The lowest BCUT2D eigenvalue weighted by Gasteiger charge is -2.36. The topological polar surface area (TPSA) is 93.4 Å². The van der Waals surface area contributed by atoms with E-state index in [2.05, 4.69) is 4.99 Å². The summed E-state index contributed by atoms with van der Waals surface area (Å²) in [5.74, 6) is -0.823. The van der Waals surface area contributed by atoms with Crippen LogP contribution in [0, 0.1) is 0 Å². The van der Waals surface area contributed by atoms with Gasteiger partial charge in [-0.25, -0.2) is 0 Å². The largest absolute Gasteiger partial charge is 0.508 e. The number of nitrogens with zero attached hydrogens (tertiary/aromatic N) is 3. The van der Waals surface area contributed by atoms with Gasteiger partial charge in [0.15, 0.2) is 0 Å². The Hall–Kier alpha value is -3.61. The van der Waals surface area contributed by atoms with E-state index in [1.165, 1.54) is 12.1 Å². The molecule has 1 heterocycles. The molecule has 1 aliphatic rings. The van der Waals surface area contributed by atoms with Crippen molar-refractivity contribution < 1.29 is 19.8 Å². The van der Waals surface area contributed by atoms with E-state index in [0.29, 0.717) is 12.1 Å². The number of benzene rings is 2. The van der Waals surface area contributed by atoms with Crippen LogP contribution in [0.4, 0.5) is 5.69 Å². The molecule has 0 aliphatic carbocycles. The van der Waals surface area contributed by atoms with Crippen molar-refractivity contribution in [1.82, 2.24) is 4.90 Å². The third-order valence-electron chi connectivity index (χ3n) is 5.72. The summed E-state index contributed by atoms with van der Waals surface area (Å²) in [7, 11) is 3.45. The fourth-order valence-electron chi connectivity index (χ4n) is 3.96. The predicted octanol–water partition coefficient (Wildman–Crippen LogP) is 3.80. The number of aryl methyl sites for hydroxylation is 1. The average molecular weight is 436 g/mol. The molecule has 0 fully saturated rings. The first kappa shape index (κ1) is 23.1. The van der Waals surface area contributed by atoms with Gasteiger partial charge in [-0.1, -0.05) is 6.08 Å². The van der Waals surface area contributed by atoms with Crippen molar-refractivity contribution >= 4 is 23.7 Å². The summed E-state index contributed by atoms with van der Waals surface area (Å²) < 4.78 is 0. The van der Waals surface area contributed by atoms with Crippen LogP contribution in [-0.4, -0.2) is 59.8 Å². The quantitative estimate of drug-likeness (QED) is 0.699. The molecular formula is C25H29N3O4. The summed E-state index contributed by atoms with van der Waals surface area (Å²) in [6.45, 7) is 4.32. The fourth-order valence-corrected chi connectivity index (χ4v) is 3.96. The highest BCUT2D eigenvalue weighted by Crippen LogP contribution is 2.35. The number of carbonyl (C=O) groups excluding carboxylic acids is 2. The Bertz CT molecular complexity index is 1090. The zero-order chi connectivity index (χ0) is 23.4. The molecule has 2 N–H and O–H groups in total. The van der Waals surface area contributed by atoms with Gasteiger partial charge >= 0.3 is 0 Å². The molecule has 0 radical (unpaired) electrons. The number of rotatable bonds is 5. The smallest absolute Gasteiger partial charge is 0.262 e. The molecule has 2 amide bonds. The van der Waals surface area contributed by atoms with E-state index < -0.39 is 0 Å².